The zero-order chi connectivity index (χ0) is 20.6. The van der Waals surface area contributed by atoms with E-state index in [-0.39, 0.29) is 10.8 Å². The monoisotopic (exact) mass is 362 g/mol. The van der Waals surface area contributed by atoms with Crippen molar-refractivity contribution >= 4 is 11.9 Å². The molecule has 2 unspecified atom stereocenters. The molecular weight excluding hydrogens is 328 g/mol. The SMILES string of the molecule is CC(C)(C)CC(C)(C(=O)O)c1cccc(C(C)(CC(C)(C)C)C(=O)O)c1. The highest BCUT2D eigenvalue weighted by Crippen LogP contribution is 2.41. The smallest absolute Gasteiger partial charge is 0.313 e. The van der Waals surface area contributed by atoms with Crippen LogP contribution in [0.1, 0.15) is 79.4 Å². The molecule has 4 heteroatoms. The van der Waals surface area contributed by atoms with Crippen molar-refractivity contribution in [2.24, 2.45) is 10.8 Å². The van der Waals surface area contributed by atoms with Crippen molar-refractivity contribution in [1.29, 1.82) is 0 Å². The second-order valence-electron chi connectivity index (χ2n) is 10.3. The first-order chi connectivity index (χ1) is 11.5. The molecule has 0 spiro atoms. The Morgan fingerprint density at radius 3 is 1.27 bits per heavy atom. The number of rotatable bonds is 6. The number of carbonyl (C=O) groups is 2. The summed E-state index contributed by atoms with van der Waals surface area (Å²) in [6, 6.07) is 7.14. The summed E-state index contributed by atoms with van der Waals surface area (Å²) in [7, 11) is 0. The van der Waals surface area contributed by atoms with E-state index in [0.29, 0.717) is 24.0 Å². The van der Waals surface area contributed by atoms with Crippen molar-refractivity contribution in [3.63, 3.8) is 0 Å². The third kappa shape index (κ3) is 5.09. The van der Waals surface area contributed by atoms with E-state index in [2.05, 4.69) is 0 Å². The van der Waals surface area contributed by atoms with E-state index < -0.39 is 22.8 Å². The Morgan fingerprint density at radius 2 is 1.04 bits per heavy atom. The molecule has 146 valence electrons. The quantitative estimate of drug-likeness (QED) is 0.725. The van der Waals surface area contributed by atoms with Crippen LogP contribution in [0.3, 0.4) is 0 Å². The largest absolute Gasteiger partial charge is 0.481 e. The van der Waals surface area contributed by atoms with E-state index in [9.17, 15) is 19.8 Å². The molecule has 0 saturated carbocycles. The van der Waals surface area contributed by atoms with Gasteiger partial charge in [-0.25, -0.2) is 0 Å². The van der Waals surface area contributed by atoms with E-state index in [1.807, 2.05) is 41.5 Å². The molecule has 0 amide bonds. The Labute approximate surface area is 157 Å². The molecule has 0 aliphatic rings. The van der Waals surface area contributed by atoms with Crippen LogP contribution in [0.15, 0.2) is 24.3 Å². The van der Waals surface area contributed by atoms with Crippen molar-refractivity contribution in [3.8, 4) is 0 Å². The van der Waals surface area contributed by atoms with Crippen molar-refractivity contribution in [3.05, 3.63) is 35.4 Å². The summed E-state index contributed by atoms with van der Waals surface area (Å²) in [6.45, 7) is 15.5. The number of carboxylic acid groups (broad SMARTS) is 2. The Kier molecular flexibility index (Phi) is 6.02. The third-order valence-corrected chi connectivity index (χ3v) is 4.85. The molecule has 0 saturated heterocycles. The van der Waals surface area contributed by atoms with Gasteiger partial charge in [-0.05, 0) is 48.6 Å². The molecule has 0 aliphatic heterocycles. The molecule has 0 aliphatic carbocycles. The highest BCUT2D eigenvalue weighted by atomic mass is 16.4. The highest BCUT2D eigenvalue weighted by Gasteiger charge is 2.42. The number of hydrogen-bond donors (Lipinski definition) is 2. The van der Waals surface area contributed by atoms with Crippen molar-refractivity contribution in [2.75, 3.05) is 0 Å². The maximum atomic E-state index is 12.1. The van der Waals surface area contributed by atoms with Crippen LogP contribution in [0, 0.1) is 10.8 Å². The minimum atomic E-state index is -1.07. The molecule has 2 atom stereocenters. The second-order valence-corrected chi connectivity index (χ2v) is 10.3. The molecule has 1 aromatic carbocycles. The second kappa shape index (κ2) is 7.05. The van der Waals surface area contributed by atoms with Gasteiger partial charge >= 0.3 is 11.9 Å². The van der Waals surface area contributed by atoms with E-state index in [4.69, 9.17) is 0 Å². The first kappa shape index (κ1) is 22.2. The van der Waals surface area contributed by atoms with Gasteiger partial charge in [-0.1, -0.05) is 65.8 Å². The summed E-state index contributed by atoms with van der Waals surface area (Å²) in [5.41, 5.74) is -1.20. The minimum absolute atomic E-state index is 0.176. The summed E-state index contributed by atoms with van der Waals surface area (Å²) in [5.74, 6) is -1.78. The maximum absolute atomic E-state index is 12.1. The fourth-order valence-corrected chi connectivity index (χ4v) is 3.93. The molecular formula is C22H34O4. The molecule has 2 N–H and O–H groups in total. The first-order valence-corrected chi connectivity index (χ1v) is 9.09. The van der Waals surface area contributed by atoms with Crippen molar-refractivity contribution in [1.82, 2.24) is 0 Å². The molecule has 26 heavy (non-hydrogen) atoms. The van der Waals surface area contributed by atoms with E-state index in [1.54, 1.807) is 38.1 Å². The van der Waals surface area contributed by atoms with Crippen LogP contribution in [-0.4, -0.2) is 22.2 Å². The number of hydrogen-bond acceptors (Lipinski definition) is 2. The summed E-state index contributed by atoms with van der Waals surface area (Å²) >= 11 is 0. The zero-order valence-electron chi connectivity index (χ0n) is 17.4. The summed E-state index contributed by atoms with van der Waals surface area (Å²) in [5, 5.41) is 19.8. The van der Waals surface area contributed by atoms with E-state index in [1.165, 1.54) is 0 Å². The molecule has 4 nitrogen and oxygen atoms in total. The van der Waals surface area contributed by atoms with E-state index >= 15 is 0 Å². The van der Waals surface area contributed by atoms with Gasteiger partial charge in [0.25, 0.3) is 0 Å². The molecule has 0 bridgehead atoms. The van der Waals surface area contributed by atoms with Crippen molar-refractivity contribution < 1.29 is 19.8 Å². The summed E-state index contributed by atoms with van der Waals surface area (Å²) < 4.78 is 0. The van der Waals surface area contributed by atoms with Crippen molar-refractivity contribution in [2.45, 2.75) is 79.1 Å². The zero-order valence-corrected chi connectivity index (χ0v) is 17.4. The van der Waals surface area contributed by atoms with Crippen LogP contribution < -0.4 is 0 Å². The van der Waals surface area contributed by atoms with Gasteiger partial charge in [0.05, 0.1) is 10.8 Å². The van der Waals surface area contributed by atoms with Gasteiger partial charge in [0, 0.05) is 0 Å². The van der Waals surface area contributed by atoms with Crippen LogP contribution in [0.4, 0.5) is 0 Å². The number of carboxylic acids is 2. The first-order valence-electron chi connectivity index (χ1n) is 9.09. The van der Waals surface area contributed by atoms with Crippen LogP contribution in [-0.2, 0) is 20.4 Å². The number of benzene rings is 1. The van der Waals surface area contributed by atoms with Gasteiger partial charge in [-0.2, -0.15) is 0 Å². The Morgan fingerprint density at radius 1 is 0.731 bits per heavy atom. The summed E-state index contributed by atoms with van der Waals surface area (Å²) in [4.78, 5) is 24.2. The third-order valence-electron chi connectivity index (χ3n) is 4.85. The van der Waals surface area contributed by atoms with Gasteiger partial charge in [0.15, 0.2) is 0 Å². The van der Waals surface area contributed by atoms with Gasteiger partial charge in [-0.3, -0.25) is 9.59 Å². The predicted molar refractivity (Wildman–Crippen MR) is 105 cm³/mol. The highest BCUT2D eigenvalue weighted by molar-refractivity contribution is 5.83. The van der Waals surface area contributed by atoms with Crippen LogP contribution in [0.2, 0.25) is 0 Å². The van der Waals surface area contributed by atoms with Crippen LogP contribution >= 0.6 is 0 Å². The average Bonchev–Trinajstić information content (AvgIpc) is 2.43. The van der Waals surface area contributed by atoms with Gasteiger partial charge in [0.1, 0.15) is 0 Å². The lowest BCUT2D eigenvalue weighted by molar-refractivity contribution is -0.145. The van der Waals surface area contributed by atoms with Crippen LogP contribution in [0.5, 0.6) is 0 Å². The predicted octanol–water partition coefficient (Wildman–Crippen LogP) is 5.24. The standard InChI is InChI=1S/C22H34O4/c1-19(2,3)13-21(7,17(23)24)15-10-9-11-16(12-15)22(8,18(25)26)14-20(4,5)6/h9-12H,13-14H2,1-8H3,(H,23,24)(H,25,26). The minimum Gasteiger partial charge on any atom is -0.481 e. The lowest BCUT2D eigenvalue weighted by Crippen LogP contribution is -2.39. The average molecular weight is 363 g/mol. The fraction of sp³-hybridized carbons (Fsp3) is 0.636. The molecule has 0 radical (unpaired) electrons. The van der Waals surface area contributed by atoms with E-state index in [0.717, 1.165) is 0 Å². The van der Waals surface area contributed by atoms with Gasteiger partial charge in [-0.15, -0.1) is 0 Å². The molecule has 0 aromatic heterocycles. The molecule has 1 rings (SSSR count). The topological polar surface area (TPSA) is 74.6 Å². The number of aliphatic carboxylic acids is 2. The lowest BCUT2D eigenvalue weighted by atomic mass is 9.67. The Bertz CT molecular complexity index is 623. The molecule has 0 fully saturated rings. The normalized spacial score (nSPS) is 17.2. The fourth-order valence-electron chi connectivity index (χ4n) is 3.93. The molecule has 1 aromatic rings. The van der Waals surface area contributed by atoms with Gasteiger partial charge < -0.3 is 10.2 Å². The maximum Gasteiger partial charge on any atom is 0.313 e. The van der Waals surface area contributed by atoms with Gasteiger partial charge in [0.2, 0.25) is 0 Å². The Balaban J connectivity index is 3.52. The van der Waals surface area contributed by atoms with Crippen LogP contribution in [0.25, 0.3) is 0 Å². The lowest BCUT2D eigenvalue weighted by Gasteiger charge is -2.35. The summed E-state index contributed by atoms with van der Waals surface area (Å²) in [6.07, 6.45) is 0.920. The Hall–Kier alpha value is -1.84. The molecule has 0 heterocycles.